The number of benzene rings is 4. The summed E-state index contributed by atoms with van der Waals surface area (Å²) in [6, 6.07) is 27.4. The molecule has 0 heterocycles. The van der Waals surface area contributed by atoms with Crippen LogP contribution in [-0.2, 0) is 20.3 Å². The van der Waals surface area contributed by atoms with Crippen LogP contribution in [0.25, 0.3) is 11.1 Å². The van der Waals surface area contributed by atoms with Gasteiger partial charge in [-0.05, 0) is 83.3 Å². The van der Waals surface area contributed by atoms with Gasteiger partial charge >= 0.3 is 11.9 Å². The molecule has 0 N–H and O–H groups in total. The predicted octanol–water partition coefficient (Wildman–Crippen LogP) is 9.10. The van der Waals surface area contributed by atoms with Crippen LogP contribution in [0.15, 0.2) is 84.9 Å². The Morgan fingerprint density at radius 2 is 0.870 bits per heavy atom. The normalized spacial score (nSPS) is 11.0. The summed E-state index contributed by atoms with van der Waals surface area (Å²) in [5.74, 6) is 12.4. The van der Waals surface area contributed by atoms with Crippen molar-refractivity contribution in [2.24, 2.45) is 0 Å². The van der Waals surface area contributed by atoms with Gasteiger partial charge in [0, 0.05) is 22.3 Å². The zero-order valence-electron chi connectivity index (χ0n) is 28.1. The van der Waals surface area contributed by atoms with E-state index in [1.807, 2.05) is 84.9 Å². The highest BCUT2D eigenvalue weighted by atomic mass is 16.5. The van der Waals surface area contributed by atoms with Crippen molar-refractivity contribution in [1.29, 1.82) is 0 Å². The van der Waals surface area contributed by atoms with Gasteiger partial charge in [0.2, 0.25) is 0 Å². The van der Waals surface area contributed by atoms with E-state index in [9.17, 15) is 9.59 Å². The maximum atomic E-state index is 12.9. The van der Waals surface area contributed by atoms with E-state index < -0.39 is 0 Å². The van der Waals surface area contributed by atoms with E-state index in [-0.39, 0.29) is 36.0 Å². The predicted molar refractivity (Wildman–Crippen MR) is 186 cm³/mol. The van der Waals surface area contributed by atoms with Crippen molar-refractivity contribution in [1.82, 2.24) is 0 Å². The van der Waals surface area contributed by atoms with Crippen molar-refractivity contribution in [3.05, 3.63) is 129 Å². The average molecular weight is 611 g/mol. The number of ether oxygens (including phenoxy) is 2. The van der Waals surface area contributed by atoms with Gasteiger partial charge in [-0.3, -0.25) is 0 Å². The maximum Gasteiger partial charge on any atom is 0.339 e. The van der Waals surface area contributed by atoms with Gasteiger partial charge in [0.25, 0.3) is 0 Å². The van der Waals surface area contributed by atoms with Gasteiger partial charge in [-0.1, -0.05) is 114 Å². The lowest BCUT2D eigenvalue weighted by Gasteiger charge is -2.20. The zero-order chi connectivity index (χ0) is 33.5. The molecule has 4 nitrogen and oxygen atoms in total. The highest BCUT2D eigenvalue weighted by Gasteiger charge is 2.20. The second-order valence-corrected chi connectivity index (χ2v) is 13.1. The van der Waals surface area contributed by atoms with Crippen molar-refractivity contribution in [2.45, 2.75) is 66.2 Å². The molecule has 0 unspecified atom stereocenters. The summed E-state index contributed by atoms with van der Waals surface area (Å²) in [7, 11) is 0. The quantitative estimate of drug-likeness (QED) is 0.167. The van der Waals surface area contributed by atoms with E-state index in [4.69, 9.17) is 9.47 Å². The lowest BCUT2D eigenvalue weighted by molar-refractivity contribution is 0.0516. The van der Waals surface area contributed by atoms with Crippen LogP contribution in [0.2, 0.25) is 0 Å². The van der Waals surface area contributed by atoms with Crippen LogP contribution in [0.4, 0.5) is 0 Å². The van der Waals surface area contributed by atoms with Crippen LogP contribution in [0.5, 0.6) is 0 Å². The SMILES string of the molecule is CCOC(=O)c1cc(C(C)(C)C)ccc1C#Cc1ccccc1-c1ccccc1C#Cc1ccc(C(C)(C)C)cc1C(=O)OCC. The van der Waals surface area contributed by atoms with Crippen molar-refractivity contribution in [2.75, 3.05) is 13.2 Å². The zero-order valence-corrected chi connectivity index (χ0v) is 28.1. The number of carbonyl (C=O) groups excluding carboxylic acids is 2. The first-order chi connectivity index (χ1) is 21.8. The van der Waals surface area contributed by atoms with Crippen LogP contribution in [0.1, 0.15) is 109 Å². The Balaban J connectivity index is 1.79. The fraction of sp³-hybridized carbons (Fsp3) is 0.286. The summed E-state index contributed by atoms with van der Waals surface area (Å²) in [6.45, 7) is 16.8. The Morgan fingerprint density at radius 3 is 1.22 bits per heavy atom. The summed E-state index contributed by atoms with van der Waals surface area (Å²) in [5, 5.41) is 0. The molecule has 0 bridgehead atoms. The number of esters is 2. The van der Waals surface area contributed by atoms with Gasteiger partial charge in [0.1, 0.15) is 0 Å². The van der Waals surface area contributed by atoms with Gasteiger partial charge < -0.3 is 9.47 Å². The first-order valence-electron chi connectivity index (χ1n) is 15.7. The third kappa shape index (κ3) is 8.15. The molecule has 0 aliphatic carbocycles. The largest absolute Gasteiger partial charge is 0.462 e. The number of carbonyl (C=O) groups is 2. The molecule has 0 aliphatic rings. The van der Waals surface area contributed by atoms with E-state index in [1.54, 1.807) is 13.8 Å². The second-order valence-electron chi connectivity index (χ2n) is 13.1. The van der Waals surface area contributed by atoms with Crippen LogP contribution in [0.3, 0.4) is 0 Å². The first-order valence-corrected chi connectivity index (χ1v) is 15.7. The van der Waals surface area contributed by atoms with Crippen LogP contribution < -0.4 is 0 Å². The molecule has 234 valence electrons. The fourth-order valence-corrected chi connectivity index (χ4v) is 4.92. The second kappa shape index (κ2) is 14.4. The highest BCUT2D eigenvalue weighted by Crippen LogP contribution is 2.29. The monoisotopic (exact) mass is 610 g/mol. The molecule has 4 aromatic rings. The maximum absolute atomic E-state index is 12.9. The van der Waals surface area contributed by atoms with E-state index in [1.165, 1.54) is 0 Å². The minimum Gasteiger partial charge on any atom is -0.462 e. The van der Waals surface area contributed by atoms with Crippen LogP contribution in [0, 0.1) is 23.7 Å². The third-order valence-electron chi connectivity index (χ3n) is 7.57. The smallest absolute Gasteiger partial charge is 0.339 e. The average Bonchev–Trinajstić information content (AvgIpc) is 3.02. The molecule has 0 amide bonds. The van der Waals surface area contributed by atoms with E-state index in [2.05, 4.69) is 65.2 Å². The summed E-state index contributed by atoms with van der Waals surface area (Å²) in [6.07, 6.45) is 0. The molecule has 0 aliphatic heterocycles. The minimum atomic E-state index is -0.385. The molecule has 0 spiro atoms. The molecule has 46 heavy (non-hydrogen) atoms. The summed E-state index contributed by atoms with van der Waals surface area (Å²) >= 11 is 0. The van der Waals surface area contributed by atoms with Crippen LogP contribution >= 0.6 is 0 Å². The summed E-state index contributed by atoms with van der Waals surface area (Å²) in [4.78, 5) is 25.8. The molecule has 0 fully saturated rings. The van der Waals surface area contributed by atoms with Crippen molar-refractivity contribution >= 4 is 11.9 Å². The molecule has 0 aromatic heterocycles. The lowest BCUT2D eigenvalue weighted by atomic mass is 9.85. The van der Waals surface area contributed by atoms with Gasteiger partial charge in [0.15, 0.2) is 0 Å². The van der Waals surface area contributed by atoms with Gasteiger partial charge in [-0.2, -0.15) is 0 Å². The molecule has 4 rings (SSSR count). The standard InChI is InChI=1S/C42H42O4/c1-9-45-39(43)37-27-33(41(3,4)5)25-23-31(37)21-19-29-15-11-13-17-35(29)36-18-14-12-16-30(36)20-22-32-24-26-34(42(6,7)8)28-38(32)40(44)46-10-2/h11-18,23-28H,9-10H2,1-8H3. The van der Waals surface area contributed by atoms with Crippen molar-refractivity contribution < 1.29 is 19.1 Å². The van der Waals surface area contributed by atoms with E-state index in [0.29, 0.717) is 22.3 Å². The molecule has 0 radical (unpaired) electrons. The number of hydrogen-bond donors (Lipinski definition) is 0. The van der Waals surface area contributed by atoms with Crippen molar-refractivity contribution in [3.8, 4) is 34.8 Å². The van der Waals surface area contributed by atoms with Crippen LogP contribution in [-0.4, -0.2) is 25.2 Å². The summed E-state index contributed by atoms with van der Waals surface area (Å²) < 4.78 is 10.7. The summed E-state index contributed by atoms with van der Waals surface area (Å²) in [5.41, 5.74) is 7.38. The molecule has 0 saturated heterocycles. The minimum absolute atomic E-state index is 0.129. The number of hydrogen-bond acceptors (Lipinski definition) is 4. The Bertz CT molecular complexity index is 1740. The first kappa shape index (κ1) is 33.8. The van der Waals surface area contributed by atoms with E-state index in [0.717, 1.165) is 33.4 Å². The van der Waals surface area contributed by atoms with Gasteiger partial charge in [0.05, 0.1) is 24.3 Å². The Labute approximate surface area is 274 Å². The fourth-order valence-electron chi connectivity index (χ4n) is 4.92. The van der Waals surface area contributed by atoms with Crippen molar-refractivity contribution in [3.63, 3.8) is 0 Å². The van der Waals surface area contributed by atoms with Gasteiger partial charge in [-0.15, -0.1) is 0 Å². The Hall–Kier alpha value is -5.06. The molecular formula is C42H42O4. The highest BCUT2D eigenvalue weighted by molar-refractivity contribution is 5.93. The third-order valence-corrected chi connectivity index (χ3v) is 7.57. The number of rotatable bonds is 5. The molecule has 4 aromatic carbocycles. The molecule has 0 saturated carbocycles. The Morgan fingerprint density at radius 1 is 0.522 bits per heavy atom. The topological polar surface area (TPSA) is 52.6 Å². The van der Waals surface area contributed by atoms with Gasteiger partial charge in [-0.25, -0.2) is 9.59 Å². The Kier molecular flexibility index (Phi) is 10.6. The molecule has 0 atom stereocenters. The molecular weight excluding hydrogens is 568 g/mol. The van der Waals surface area contributed by atoms with E-state index >= 15 is 0 Å². The molecule has 4 heteroatoms. The lowest BCUT2D eigenvalue weighted by Crippen LogP contribution is -2.14.